The second-order valence-electron chi connectivity index (χ2n) is 6.26. The zero-order valence-electron chi connectivity index (χ0n) is 15.0. The largest absolute Gasteiger partial charge is 0.481 e. The molecule has 0 aliphatic carbocycles. The predicted molar refractivity (Wildman–Crippen MR) is 99.2 cm³/mol. The lowest BCUT2D eigenvalue weighted by atomic mass is 10.1. The van der Waals surface area contributed by atoms with Gasteiger partial charge in [0.25, 0.3) is 0 Å². The molecular formula is C21H32O3. The number of allylic oxidation sites excluding steroid dienone is 1. The summed E-state index contributed by atoms with van der Waals surface area (Å²) in [4.78, 5) is 10.6. The first kappa shape index (κ1) is 20.4. The van der Waals surface area contributed by atoms with Crippen LogP contribution in [-0.4, -0.2) is 17.7 Å². The molecule has 0 saturated carbocycles. The van der Waals surface area contributed by atoms with E-state index in [4.69, 9.17) is 9.84 Å². The van der Waals surface area contributed by atoms with Crippen molar-refractivity contribution in [3.8, 4) is 0 Å². The SMILES string of the molecule is CCCCCCCCC=CCOCc1cccc(CCC(=O)O)c1. The number of unbranched alkanes of at least 4 members (excludes halogenated alkanes) is 6. The molecule has 0 aliphatic rings. The molecule has 0 bridgehead atoms. The van der Waals surface area contributed by atoms with Gasteiger partial charge in [-0.1, -0.05) is 75.4 Å². The molecule has 24 heavy (non-hydrogen) atoms. The molecule has 134 valence electrons. The summed E-state index contributed by atoms with van der Waals surface area (Å²) >= 11 is 0. The molecule has 0 radical (unpaired) electrons. The molecule has 0 spiro atoms. The van der Waals surface area contributed by atoms with Gasteiger partial charge in [0.15, 0.2) is 0 Å². The maximum absolute atomic E-state index is 10.6. The normalized spacial score (nSPS) is 11.2. The average Bonchev–Trinajstić information content (AvgIpc) is 2.58. The average molecular weight is 332 g/mol. The highest BCUT2D eigenvalue weighted by atomic mass is 16.5. The highest BCUT2D eigenvalue weighted by Crippen LogP contribution is 2.09. The van der Waals surface area contributed by atoms with Crippen molar-refractivity contribution in [3.63, 3.8) is 0 Å². The third-order valence-electron chi connectivity index (χ3n) is 3.99. The van der Waals surface area contributed by atoms with Crippen LogP contribution >= 0.6 is 0 Å². The van der Waals surface area contributed by atoms with Crippen molar-refractivity contribution in [1.29, 1.82) is 0 Å². The summed E-state index contributed by atoms with van der Waals surface area (Å²) in [6.07, 6.45) is 14.2. The minimum Gasteiger partial charge on any atom is -0.481 e. The van der Waals surface area contributed by atoms with E-state index >= 15 is 0 Å². The van der Waals surface area contributed by atoms with E-state index in [0.717, 1.165) is 17.5 Å². The predicted octanol–water partition coefficient (Wildman–Crippen LogP) is 5.53. The van der Waals surface area contributed by atoms with Gasteiger partial charge >= 0.3 is 5.97 Å². The molecule has 1 rings (SSSR count). The highest BCUT2D eigenvalue weighted by Gasteiger charge is 2.00. The van der Waals surface area contributed by atoms with E-state index in [0.29, 0.717) is 19.6 Å². The number of carboxylic acid groups (broad SMARTS) is 1. The lowest BCUT2D eigenvalue weighted by Crippen LogP contribution is -1.99. The van der Waals surface area contributed by atoms with E-state index in [1.54, 1.807) is 0 Å². The minimum atomic E-state index is -0.757. The van der Waals surface area contributed by atoms with Gasteiger partial charge in [0.05, 0.1) is 13.2 Å². The van der Waals surface area contributed by atoms with E-state index in [2.05, 4.69) is 19.1 Å². The second kappa shape index (κ2) is 13.8. The van der Waals surface area contributed by atoms with E-state index in [9.17, 15) is 4.79 Å². The number of hydrogen-bond donors (Lipinski definition) is 1. The molecule has 0 unspecified atom stereocenters. The number of hydrogen-bond acceptors (Lipinski definition) is 2. The molecule has 0 aromatic heterocycles. The number of aryl methyl sites for hydroxylation is 1. The van der Waals surface area contributed by atoms with Crippen LogP contribution in [-0.2, 0) is 22.6 Å². The second-order valence-corrected chi connectivity index (χ2v) is 6.26. The molecule has 3 nitrogen and oxygen atoms in total. The fourth-order valence-corrected chi connectivity index (χ4v) is 2.60. The summed E-state index contributed by atoms with van der Waals surface area (Å²) in [6, 6.07) is 7.98. The molecule has 0 aliphatic heterocycles. The van der Waals surface area contributed by atoms with Gasteiger partial charge in [-0.15, -0.1) is 0 Å². The highest BCUT2D eigenvalue weighted by molar-refractivity contribution is 5.67. The lowest BCUT2D eigenvalue weighted by Gasteiger charge is -2.05. The third kappa shape index (κ3) is 11.0. The Morgan fingerprint density at radius 2 is 1.83 bits per heavy atom. The molecule has 1 aromatic carbocycles. The van der Waals surface area contributed by atoms with E-state index in [-0.39, 0.29) is 6.42 Å². The Bertz CT molecular complexity index is 480. The first-order valence-electron chi connectivity index (χ1n) is 9.24. The van der Waals surface area contributed by atoms with Crippen molar-refractivity contribution in [2.24, 2.45) is 0 Å². The van der Waals surface area contributed by atoms with E-state index < -0.39 is 5.97 Å². The molecule has 0 saturated heterocycles. The van der Waals surface area contributed by atoms with Crippen molar-refractivity contribution < 1.29 is 14.6 Å². The molecule has 0 amide bonds. The van der Waals surface area contributed by atoms with Crippen LogP contribution in [0.15, 0.2) is 36.4 Å². The van der Waals surface area contributed by atoms with E-state index in [1.807, 2.05) is 24.3 Å². The van der Waals surface area contributed by atoms with Crippen molar-refractivity contribution in [2.75, 3.05) is 6.61 Å². The maximum atomic E-state index is 10.6. The van der Waals surface area contributed by atoms with Crippen LogP contribution < -0.4 is 0 Å². The Balaban J connectivity index is 2.09. The Morgan fingerprint density at radius 1 is 1.08 bits per heavy atom. The summed E-state index contributed by atoms with van der Waals surface area (Å²) in [5.74, 6) is -0.757. The quantitative estimate of drug-likeness (QED) is 0.360. The van der Waals surface area contributed by atoms with Crippen molar-refractivity contribution in [2.45, 2.75) is 71.3 Å². The van der Waals surface area contributed by atoms with Crippen molar-refractivity contribution >= 4 is 5.97 Å². The molecule has 0 fully saturated rings. The van der Waals surface area contributed by atoms with Gasteiger partial charge in [-0.25, -0.2) is 0 Å². The van der Waals surface area contributed by atoms with Gasteiger partial charge in [0, 0.05) is 6.42 Å². The summed E-state index contributed by atoms with van der Waals surface area (Å²) in [5.41, 5.74) is 2.15. The Hall–Kier alpha value is -1.61. The standard InChI is InChI=1S/C21H32O3/c1-2-3-4-5-6-7-8-9-10-16-24-18-20-13-11-12-19(17-20)14-15-21(22)23/h9-13,17H,2-8,14-16,18H2,1H3,(H,22,23). The van der Waals surface area contributed by atoms with Crippen LogP contribution in [0.4, 0.5) is 0 Å². The first-order valence-corrected chi connectivity index (χ1v) is 9.24. The summed E-state index contributed by atoms with van der Waals surface area (Å²) in [5, 5.41) is 8.73. The van der Waals surface area contributed by atoms with Crippen molar-refractivity contribution in [1.82, 2.24) is 0 Å². The number of rotatable bonds is 14. The van der Waals surface area contributed by atoms with Gasteiger partial charge in [0.1, 0.15) is 0 Å². The van der Waals surface area contributed by atoms with E-state index in [1.165, 1.54) is 38.5 Å². The third-order valence-corrected chi connectivity index (χ3v) is 3.99. The fraction of sp³-hybridized carbons (Fsp3) is 0.571. The summed E-state index contributed by atoms with van der Waals surface area (Å²) < 4.78 is 5.66. The molecule has 0 heterocycles. The fourth-order valence-electron chi connectivity index (χ4n) is 2.60. The number of carboxylic acids is 1. The number of benzene rings is 1. The smallest absolute Gasteiger partial charge is 0.303 e. The van der Waals surface area contributed by atoms with Crippen LogP contribution in [0.1, 0.15) is 69.4 Å². The lowest BCUT2D eigenvalue weighted by molar-refractivity contribution is -0.136. The number of ether oxygens (including phenoxy) is 1. The minimum absolute atomic E-state index is 0.172. The van der Waals surface area contributed by atoms with Gasteiger partial charge in [-0.2, -0.15) is 0 Å². The van der Waals surface area contributed by atoms with Crippen LogP contribution in [0, 0.1) is 0 Å². The number of carbonyl (C=O) groups is 1. The molecular weight excluding hydrogens is 300 g/mol. The Morgan fingerprint density at radius 3 is 2.62 bits per heavy atom. The van der Waals surface area contributed by atoms with Crippen LogP contribution in [0.5, 0.6) is 0 Å². The first-order chi connectivity index (χ1) is 11.7. The van der Waals surface area contributed by atoms with Crippen molar-refractivity contribution in [3.05, 3.63) is 47.5 Å². The Kier molecular flexibility index (Phi) is 11.7. The molecule has 1 N–H and O–H groups in total. The zero-order chi connectivity index (χ0) is 17.5. The topological polar surface area (TPSA) is 46.5 Å². The van der Waals surface area contributed by atoms with Gasteiger partial charge in [-0.05, 0) is 30.4 Å². The monoisotopic (exact) mass is 332 g/mol. The van der Waals surface area contributed by atoms with Crippen LogP contribution in [0.25, 0.3) is 0 Å². The maximum Gasteiger partial charge on any atom is 0.303 e. The summed E-state index contributed by atoms with van der Waals surface area (Å²) in [6.45, 7) is 3.45. The molecule has 3 heteroatoms. The molecule has 1 aromatic rings. The zero-order valence-corrected chi connectivity index (χ0v) is 15.0. The number of aliphatic carboxylic acids is 1. The molecule has 0 atom stereocenters. The Labute approximate surface area is 146 Å². The van der Waals surface area contributed by atoms with Crippen LogP contribution in [0.2, 0.25) is 0 Å². The van der Waals surface area contributed by atoms with Crippen LogP contribution in [0.3, 0.4) is 0 Å². The van der Waals surface area contributed by atoms with Gasteiger partial charge in [0.2, 0.25) is 0 Å². The summed E-state index contributed by atoms with van der Waals surface area (Å²) in [7, 11) is 0. The van der Waals surface area contributed by atoms with Gasteiger partial charge < -0.3 is 9.84 Å². The van der Waals surface area contributed by atoms with Gasteiger partial charge in [-0.3, -0.25) is 4.79 Å².